The highest BCUT2D eigenvalue weighted by atomic mass is 16.2. The van der Waals surface area contributed by atoms with Gasteiger partial charge in [-0.3, -0.25) is 10.1 Å². The minimum Gasteiger partial charge on any atom is -0.326 e. The average molecular weight is 238 g/mol. The number of carbonyl (C=O) groups excluding carboxylic acids is 1. The summed E-state index contributed by atoms with van der Waals surface area (Å²) in [5.41, 5.74) is -0.0810. The van der Waals surface area contributed by atoms with Gasteiger partial charge in [-0.15, -0.1) is 0 Å². The maximum atomic E-state index is 12.1. The van der Waals surface area contributed by atoms with Crippen molar-refractivity contribution in [3.8, 4) is 0 Å². The Hall–Kier alpha value is -0.570. The lowest BCUT2D eigenvalue weighted by Crippen LogP contribution is -2.60. The van der Waals surface area contributed by atoms with E-state index in [1.165, 1.54) is 12.8 Å². The molecule has 0 aromatic rings. The summed E-state index contributed by atoms with van der Waals surface area (Å²) in [6.45, 7) is 8.86. The second-order valence-corrected chi connectivity index (χ2v) is 6.42. The van der Waals surface area contributed by atoms with Crippen molar-refractivity contribution < 1.29 is 4.79 Å². The van der Waals surface area contributed by atoms with E-state index in [0.717, 1.165) is 6.42 Å². The van der Waals surface area contributed by atoms with Gasteiger partial charge in [0.25, 0.3) is 0 Å². The molecule has 1 saturated heterocycles. The molecule has 1 aliphatic heterocycles. The fourth-order valence-corrected chi connectivity index (χ4v) is 3.94. The zero-order valence-corrected chi connectivity index (χ0v) is 11.8. The van der Waals surface area contributed by atoms with Gasteiger partial charge in [-0.1, -0.05) is 27.2 Å². The third-order valence-electron chi connectivity index (χ3n) is 4.81. The van der Waals surface area contributed by atoms with E-state index in [9.17, 15) is 4.79 Å². The van der Waals surface area contributed by atoms with E-state index in [-0.39, 0.29) is 17.6 Å². The van der Waals surface area contributed by atoms with Gasteiger partial charge in [0.15, 0.2) is 0 Å². The largest absolute Gasteiger partial charge is 0.326 e. The van der Waals surface area contributed by atoms with Crippen LogP contribution in [0.2, 0.25) is 0 Å². The molecule has 1 saturated carbocycles. The van der Waals surface area contributed by atoms with E-state index < -0.39 is 0 Å². The van der Waals surface area contributed by atoms with Crippen molar-refractivity contribution in [2.24, 2.45) is 17.8 Å². The standard InChI is InChI=1S/C14H26N2O/c1-9(2)12-7-6-10(3)8-14(12)15-11(4)13(17)16(14)5/h9-12,15H,6-8H2,1-5H3/t10?,11-,12?,14?/m0/s1. The fourth-order valence-electron chi connectivity index (χ4n) is 3.94. The number of carbonyl (C=O) groups is 1. The van der Waals surface area contributed by atoms with Crippen LogP contribution in [0.4, 0.5) is 0 Å². The maximum Gasteiger partial charge on any atom is 0.240 e. The summed E-state index contributed by atoms with van der Waals surface area (Å²) in [7, 11) is 1.98. The Labute approximate surface area is 105 Å². The van der Waals surface area contributed by atoms with Crippen LogP contribution in [0.1, 0.15) is 47.0 Å². The molecule has 1 N–H and O–H groups in total. The molecule has 2 rings (SSSR count). The van der Waals surface area contributed by atoms with Gasteiger partial charge in [0.1, 0.15) is 0 Å². The first-order chi connectivity index (χ1) is 7.88. The first kappa shape index (κ1) is 12.9. The molecule has 0 aromatic carbocycles. The molecule has 17 heavy (non-hydrogen) atoms. The number of nitrogens with one attached hydrogen (secondary N) is 1. The zero-order chi connectivity index (χ0) is 12.8. The third-order valence-corrected chi connectivity index (χ3v) is 4.81. The Kier molecular flexibility index (Phi) is 3.23. The molecule has 1 spiro atoms. The highest BCUT2D eigenvalue weighted by Gasteiger charge is 2.54. The number of hydrogen-bond acceptors (Lipinski definition) is 2. The average Bonchev–Trinajstić information content (AvgIpc) is 2.43. The first-order valence-electron chi connectivity index (χ1n) is 6.94. The van der Waals surface area contributed by atoms with Gasteiger partial charge in [0.2, 0.25) is 5.91 Å². The summed E-state index contributed by atoms with van der Waals surface area (Å²) in [5.74, 6) is 2.16. The van der Waals surface area contributed by atoms with E-state index in [4.69, 9.17) is 0 Å². The molecule has 0 aromatic heterocycles. The molecule has 1 amide bonds. The predicted molar refractivity (Wildman–Crippen MR) is 69.4 cm³/mol. The van der Waals surface area contributed by atoms with Crippen molar-refractivity contribution in [3.05, 3.63) is 0 Å². The van der Waals surface area contributed by atoms with Gasteiger partial charge in [-0.2, -0.15) is 0 Å². The van der Waals surface area contributed by atoms with Gasteiger partial charge in [-0.05, 0) is 37.5 Å². The quantitative estimate of drug-likeness (QED) is 0.760. The monoisotopic (exact) mass is 238 g/mol. The van der Waals surface area contributed by atoms with Crippen LogP contribution >= 0.6 is 0 Å². The van der Waals surface area contributed by atoms with E-state index >= 15 is 0 Å². The highest BCUT2D eigenvalue weighted by Crippen LogP contribution is 2.45. The Bertz CT molecular complexity index is 315. The molecule has 2 fully saturated rings. The Morgan fingerprint density at radius 2 is 2.00 bits per heavy atom. The number of likely N-dealkylation sites (N-methyl/N-ethyl adjacent to an activating group) is 1. The van der Waals surface area contributed by atoms with Crippen molar-refractivity contribution in [1.82, 2.24) is 10.2 Å². The molecule has 1 aliphatic carbocycles. The summed E-state index contributed by atoms with van der Waals surface area (Å²) < 4.78 is 0. The van der Waals surface area contributed by atoms with Crippen LogP contribution in [-0.2, 0) is 4.79 Å². The number of hydrogen-bond donors (Lipinski definition) is 1. The third kappa shape index (κ3) is 1.88. The first-order valence-corrected chi connectivity index (χ1v) is 6.94. The van der Waals surface area contributed by atoms with Crippen molar-refractivity contribution in [2.45, 2.75) is 58.7 Å². The Balaban J connectivity index is 2.33. The molecular weight excluding hydrogens is 212 g/mol. The van der Waals surface area contributed by atoms with Crippen LogP contribution in [0, 0.1) is 17.8 Å². The molecule has 3 unspecified atom stereocenters. The SMILES string of the molecule is CC1CCC(C(C)C)C2(C1)N[C@@H](C)C(=O)N2C. The fraction of sp³-hybridized carbons (Fsp3) is 0.929. The summed E-state index contributed by atoms with van der Waals surface area (Å²) in [5, 5.41) is 3.61. The van der Waals surface area contributed by atoms with Crippen LogP contribution in [-0.4, -0.2) is 29.6 Å². The van der Waals surface area contributed by atoms with E-state index in [1.807, 2.05) is 18.9 Å². The number of amides is 1. The molecule has 2 aliphatic rings. The van der Waals surface area contributed by atoms with Gasteiger partial charge < -0.3 is 4.90 Å². The maximum absolute atomic E-state index is 12.1. The lowest BCUT2D eigenvalue weighted by Gasteiger charge is -2.49. The summed E-state index contributed by atoms with van der Waals surface area (Å²) >= 11 is 0. The number of rotatable bonds is 1. The topological polar surface area (TPSA) is 32.3 Å². The second kappa shape index (κ2) is 4.27. The molecule has 98 valence electrons. The Morgan fingerprint density at radius 3 is 2.47 bits per heavy atom. The highest BCUT2D eigenvalue weighted by molar-refractivity contribution is 5.84. The van der Waals surface area contributed by atoms with Crippen LogP contribution in [0.3, 0.4) is 0 Å². The van der Waals surface area contributed by atoms with Crippen molar-refractivity contribution in [3.63, 3.8) is 0 Å². The minimum absolute atomic E-state index is 0.0217. The van der Waals surface area contributed by atoms with Crippen LogP contribution < -0.4 is 5.32 Å². The Morgan fingerprint density at radius 1 is 1.35 bits per heavy atom. The molecule has 0 bridgehead atoms. The van der Waals surface area contributed by atoms with E-state index in [2.05, 4.69) is 26.1 Å². The molecule has 1 heterocycles. The van der Waals surface area contributed by atoms with Gasteiger partial charge in [0, 0.05) is 7.05 Å². The van der Waals surface area contributed by atoms with Crippen LogP contribution in [0.25, 0.3) is 0 Å². The van der Waals surface area contributed by atoms with Gasteiger partial charge >= 0.3 is 0 Å². The van der Waals surface area contributed by atoms with Crippen molar-refractivity contribution in [1.29, 1.82) is 0 Å². The van der Waals surface area contributed by atoms with Crippen molar-refractivity contribution >= 4 is 5.91 Å². The van der Waals surface area contributed by atoms with E-state index in [1.54, 1.807) is 0 Å². The van der Waals surface area contributed by atoms with E-state index in [0.29, 0.717) is 17.8 Å². The summed E-state index contributed by atoms with van der Waals surface area (Å²) in [4.78, 5) is 14.1. The van der Waals surface area contributed by atoms with Crippen LogP contribution in [0.15, 0.2) is 0 Å². The van der Waals surface area contributed by atoms with Gasteiger partial charge in [0.05, 0.1) is 11.7 Å². The number of nitrogens with zero attached hydrogens (tertiary/aromatic N) is 1. The minimum atomic E-state index is -0.0810. The smallest absolute Gasteiger partial charge is 0.240 e. The second-order valence-electron chi connectivity index (χ2n) is 6.42. The van der Waals surface area contributed by atoms with Crippen molar-refractivity contribution in [2.75, 3.05) is 7.05 Å². The molecule has 3 nitrogen and oxygen atoms in total. The summed E-state index contributed by atoms with van der Waals surface area (Å²) in [6.07, 6.45) is 3.63. The molecule has 0 radical (unpaired) electrons. The molecule has 4 atom stereocenters. The predicted octanol–water partition coefficient (Wildman–Crippen LogP) is 2.23. The summed E-state index contributed by atoms with van der Waals surface area (Å²) in [6, 6.07) is -0.0217. The molecular formula is C14H26N2O. The zero-order valence-electron chi connectivity index (χ0n) is 11.8. The normalized spacial score (nSPS) is 42.8. The molecule has 3 heteroatoms. The van der Waals surface area contributed by atoms with Gasteiger partial charge in [-0.25, -0.2) is 0 Å². The lowest BCUT2D eigenvalue weighted by molar-refractivity contribution is -0.133. The lowest BCUT2D eigenvalue weighted by atomic mass is 9.69. The van der Waals surface area contributed by atoms with Crippen LogP contribution in [0.5, 0.6) is 0 Å².